The fraction of sp³-hybridized carbons (Fsp3) is 0.222. The van der Waals surface area contributed by atoms with Crippen LogP contribution in [0.1, 0.15) is 22.3 Å². The second-order valence-electron chi connectivity index (χ2n) is 5.39. The van der Waals surface area contributed by atoms with Gasteiger partial charge < -0.3 is 10.2 Å². The number of amides is 2. The predicted molar refractivity (Wildman–Crippen MR) is 99.0 cm³/mol. The second kappa shape index (κ2) is 8.85. The molecule has 0 bridgehead atoms. The van der Waals surface area contributed by atoms with Gasteiger partial charge in [-0.2, -0.15) is 0 Å². The van der Waals surface area contributed by atoms with Gasteiger partial charge >= 0.3 is 0 Å². The average molecular weight is 410 g/mol. The molecule has 126 valence electrons. The summed E-state index contributed by atoms with van der Waals surface area (Å²) in [6, 6.07) is 14.5. The van der Waals surface area contributed by atoms with Crippen molar-refractivity contribution in [3.63, 3.8) is 0 Å². The van der Waals surface area contributed by atoms with E-state index in [-0.39, 0.29) is 18.2 Å². The minimum atomic E-state index is -0.213. The van der Waals surface area contributed by atoms with Crippen LogP contribution >= 0.6 is 27.5 Å². The Morgan fingerprint density at radius 3 is 2.33 bits per heavy atom. The lowest BCUT2D eigenvalue weighted by Crippen LogP contribution is -2.31. The molecule has 0 aliphatic rings. The second-order valence-corrected chi connectivity index (χ2v) is 6.74. The Balaban J connectivity index is 1.76. The van der Waals surface area contributed by atoms with E-state index in [4.69, 9.17) is 11.6 Å². The SMILES string of the molecule is CN(Cc1ccc(Br)cc1)C(=O)CCNC(=O)c1ccc(Cl)cc1. The van der Waals surface area contributed by atoms with Crippen LogP contribution in [0.25, 0.3) is 0 Å². The summed E-state index contributed by atoms with van der Waals surface area (Å²) in [5, 5.41) is 3.32. The van der Waals surface area contributed by atoms with E-state index in [1.54, 1.807) is 36.2 Å². The Morgan fingerprint density at radius 2 is 1.71 bits per heavy atom. The van der Waals surface area contributed by atoms with Gasteiger partial charge in [-0.05, 0) is 42.0 Å². The molecule has 2 aromatic carbocycles. The molecule has 6 heteroatoms. The van der Waals surface area contributed by atoms with E-state index in [0.717, 1.165) is 10.0 Å². The van der Waals surface area contributed by atoms with Crippen molar-refractivity contribution in [1.82, 2.24) is 10.2 Å². The molecule has 4 nitrogen and oxygen atoms in total. The summed E-state index contributed by atoms with van der Waals surface area (Å²) < 4.78 is 1.00. The molecular formula is C18H18BrClN2O2. The van der Waals surface area contributed by atoms with E-state index >= 15 is 0 Å². The summed E-state index contributed by atoms with van der Waals surface area (Å²) in [5.41, 5.74) is 1.58. The quantitative estimate of drug-likeness (QED) is 0.787. The van der Waals surface area contributed by atoms with Crippen molar-refractivity contribution < 1.29 is 9.59 Å². The summed E-state index contributed by atoms with van der Waals surface area (Å²) in [4.78, 5) is 25.7. The molecule has 2 aromatic rings. The van der Waals surface area contributed by atoms with E-state index in [0.29, 0.717) is 23.7 Å². The molecule has 0 aliphatic carbocycles. The van der Waals surface area contributed by atoms with Gasteiger partial charge in [0.05, 0.1) is 0 Å². The molecule has 0 fully saturated rings. The number of nitrogens with one attached hydrogen (secondary N) is 1. The maximum atomic E-state index is 12.1. The standard InChI is InChI=1S/C18H18BrClN2O2/c1-22(12-13-2-6-15(19)7-3-13)17(23)10-11-21-18(24)14-4-8-16(20)9-5-14/h2-9H,10-12H2,1H3,(H,21,24). The van der Waals surface area contributed by atoms with Crippen molar-refractivity contribution in [2.24, 2.45) is 0 Å². The van der Waals surface area contributed by atoms with Crippen molar-refractivity contribution in [1.29, 1.82) is 0 Å². The minimum absolute atomic E-state index is 0.0191. The number of hydrogen-bond donors (Lipinski definition) is 1. The number of rotatable bonds is 6. The van der Waals surface area contributed by atoms with Crippen LogP contribution < -0.4 is 5.32 Å². The monoisotopic (exact) mass is 408 g/mol. The number of nitrogens with zero attached hydrogens (tertiary/aromatic N) is 1. The van der Waals surface area contributed by atoms with Gasteiger partial charge in [-0.15, -0.1) is 0 Å². The highest BCUT2D eigenvalue weighted by Gasteiger charge is 2.11. The Labute approximate surface area is 154 Å². The predicted octanol–water partition coefficient (Wildman–Crippen LogP) is 3.88. The van der Waals surface area contributed by atoms with E-state index < -0.39 is 0 Å². The number of hydrogen-bond acceptors (Lipinski definition) is 2. The van der Waals surface area contributed by atoms with Crippen molar-refractivity contribution in [3.05, 3.63) is 69.2 Å². The minimum Gasteiger partial charge on any atom is -0.352 e. The molecule has 0 aromatic heterocycles. The normalized spacial score (nSPS) is 10.3. The molecule has 0 saturated heterocycles. The van der Waals surface area contributed by atoms with Crippen LogP contribution in [0, 0.1) is 0 Å². The van der Waals surface area contributed by atoms with E-state index in [9.17, 15) is 9.59 Å². The maximum Gasteiger partial charge on any atom is 0.251 e. The molecule has 0 aliphatic heterocycles. The van der Waals surface area contributed by atoms with Crippen LogP contribution in [0.2, 0.25) is 5.02 Å². The lowest BCUT2D eigenvalue weighted by molar-refractivity contribution is -0.130. The van der Waals surface area contributed by atoms with Gasteiger partial charge in [0.25, 0.3) is 5.91 Å². The zero-order valence-corrected chi connectivity index (χ0v) is 15.6. The van der Waals surface area contributed by atoms with Crippen molar-refractivity contribution in [3.8, 4) is 0 Å². The van der Waals surface area contributed by atoms with Gasteiger partial charge in [0.1, 0.15) is 0 Å². The molecule has 0 saturated carbocycles. The summed E-state index contributed by atoms with van der Waals surface area (Å²) >= 11 is 9.17. The third-order valence-electron chi connectivity index (χ3n) is 3.49. The van der Waals surface area contributed by atoms with Crippen molar-refractivity contribution >= 4 is 39.3 Å². The van der Waals surface area contributed by atoms with Gasteiger partial charge in [-0.3, -0.25) is 9.59 Å². The molecule has 24 heavy (non-hydrogen) atoms. The van der Waals surface area contributed by atoms with Crippen LogP contribution in [0.4, 0.5) is 0 Å². The Kier molecular flexibility index (Phi) is 6.82. The van der Waals surface area contributed by atoms with Gasteiger partial charge in [-0.1, -0.05) is 39.7 Å². The molecule has 1 N–H and O–H groups in total. The van der Waals surface area contributed by atoms with Gasteiger partial charge in [0, 0.05) is 41.6 Å². The molecular weight excluding hydrogens is 392 g/mol. The van der Waals surface area contributed by atoms with Crippen LogP contribution in [-0.4, -0.2) is 30.3 Å². The van der Waals surface area contributed by atoms with Crippen molar-refractivity contribution in [2.75, 3.05) is 13.6 Å². The first-order chi connectivity index (χ1) is 11.5. The Bertz CT molecular complexity index is 702. The number of halogens is 2. The highest BCUT2D eigenvalue weighted by atomic mass is 79.9. The zero-order valence-electron chi connectivity index (χ0n) is 13.3. The smallest absolute Gasteiger partial charge is 0.251 e. The highest BCUT2D eigenvalue weighted by Crippen LogP contribution is 2.12. The summed E-state index contributed by atoms with van der Waals surface area (Å²) in [6.07, 6.45) is 0.256. The molecule has 0 heterocycles. The first-order valence-electron chi connectivity index (χ1n) is 7.48. The van der Waals surface area contributed by atoms with Crippen molar-refractivity contribution in [2.45, 2.75) is 13.0 Å². The average Bonchev–Trinajstić information content (AvgIpc) is 2.57. The first kappa shape index (κ1) is 18.5. The Hall–Kier alpha value is -1.85. The maximum absolute atomic E-state index is 12.1. The molecule has 2 amide bonds. The summed E-state index contributed by atoms with van der Waals surface area (Å²) in [6.45, 7) is 0.836. The van der Waals surface area contributed by atoms with Gasteiger partial charge in [-0.25, -0.2) is 0 Å². The van der Waals surface area contributed by atoms with E-state index in [2.05, 4.69) is 21.2 Å². The van der Waals surface area contributed by atoms with Gasteiger partial charge in [0.2, 0.25) is 5.91 Å². The summed E-state index contributed by atoms with van der Waals surface area (Å²) in [5.74, 6) is -0.232. The van der Waals surface area contributed by atoms with Crippen LogP contribution in [-0.2, 0) is 11.3 Å². The fourth-order valence-electron chi connectivity index (χ4n) is 2.13. The molecule has 0 spiro atoms. The van der Waals surface area contributed by atoms with Crippen LogP contribution in [0.5, 0.6) is 0 Å². The zero-order chi connectivity index (χ0) is 17.5. The highest BCUT2D eigenvalue weighted by molar-refractivity contribution is 9.10. The summed E-state index contributed by atoms with van der Waals surface area (Å²) in [7, 11) is 1.76. The molecule has 0 atom stereocenters. The number of carbonyl (C=O) groups excluding carboxylic acids is 2. The third kappa shape index (κ3) is 5.65. The molecule has 0 unspecified atom stereocenters. The number of carbonyl (C=O) groups is 2. The van der Waals surface area contributed by atoms with E-state index in [1.165, 1.54) is 0 Å². The van der Waals surface area contributed by atoms with Crippen LogP contribution in [0.3, 0.4) is 0 Å². The Morgan fingerprint density at radius 1 is 1.08 bits per heavy atom. The topological polar surface area (TPSA) is 49.4 Å². The molecule has 2 rings (SSSR count). The lowest BCUT2D eigenvalue weighted by Gasteiger charge is -2.17. The van der Waals surface area contributed by atoms with Crippen LogP contribution in [0.15, 0.2) is 53.0 Å². The third-order valence-corrected chi connectivity index (χ3v) is 4.27. The molecule has 0 radical (unpaired) electrons. The largest absolute Gasteiger partial charge is 0.352 e. The van der Waals surface area contributed by atoms with E-state index in [1.807, 2.05) is 24.3 Å². The first-order valence-corrected chi connectivity index (χ1v) is 8.65. The lowest BCUT2D eigenvalue weighted by atomic mass is 10.2. The van der Waals surface area contributed by atoms with Gasteiger partial charge in [0.15, 0.2) is 0 Å². The number of benzene rings is 2. The fourth-order valence-corrected chi connectivity index (χ4v) is 2.52.